The lowest BCUT2D eigenvalue weighted by Crippen LogP contribution is -2.52. The van der Waals surface area contributed by atoms with Crippen LogP contribution in [0, 0.1) is 13.8 Å². The van der Waals surface area contributed by atoms with Crippen LogP contribution in [0.2, 0.25) is 0 Å². The van der Waals surface area contributed by atoms with Gasteiger partial charge in [-0.1, -0.05) is 6.07 Å². The van der Waals surface area contributed by atoms with Gasteiger partial charge in [0, 0.05) is 26.2 Å². The number of hydrogen-bond acceptors (Lipinski definition) is 5. The van der Waals surface area contributed by atoms with Crippen LogP contribution in [-0.4, -0.2) is 75.0 Å². The number of alkyl halides is 3. The molecule has 0 saturated carbocycles. The molecule has 2 N–H and O–H groups in total. The second-order valence-corrected chi connectivity index (χ2v) is 8.71. The molecule has 0 atom stereocenters. The smallest absolute Gasteiger partial charge is 0.329 e. The maximum Gasteiger partial charge on any atom is 0.405 e. The summed E-state index contributed by atoms with van der Waals surface area (Å²) in [6.45, 7) is 2.77. The molecule has 1 aliphatic rings. The number of urea groups is 1. The highest BCUT2D eigenvalue weighted by Crippen LogP contribution is 2.20. The van der Waals surface area contributed by atoms with Crippen molar-refractivity contribution in [2.45, 2.75) is 24.9 Å². The molecule has 0 bridgehead atoms. The zero-order valence-corrected chi connectivity index (χ0v) is 16.9. The molecule has 1 aromatic carbocycles. The third-order valence-corrected chi connectivity index (χ3v) is 6.41. The van der Waals surface area contributed by atoms with Crippen LogP contribution in [0.15, 0.2) is 23.1 Å². The third-order valence-electron chi connectivity index (χ3n) is 4.52. The van der Waals surface area contributed by atoms with Crippen molar-refractivity contribution in [3.05, 3.63) is 29.3 Å². The highest BCUT2D eigenvalue weighted by Gasteiger charge is 2.30. The first-order valence-corrected chi connectivity index (χ1v) is 10.3. The van der Waals surface area contributed by atoms with Crippen LogP contribution in [0.3, 0.4) is 0 Å². The van der Waals surface area contributed by atoms with E-state index in [1.807, 2.05) is 19.2 Å². The molecule has 2 rings (SSSR count). The minimum atomic E-state index is -4.57. The summed E-state index contributed by atoms with van der Waals surface area (Å²) in [5.41, 5.74) is 1.85. The molecule has 8 nitrogen and oxygen atoms in total. The van der Waals surface area contributed by atoms with E-state index in [0.717, 1.165) is 11.1 Å². The molecule has 0 radical (unpaired) electrons. The second kappa shape index (κ2) is 9.09. The fraction of sp³-hybridized carbons (Fsp3) is 0.529. The fourth-order valence-corrected chi connectivity index (χ4v) is 4.25. The third kappa shape index (κ3) is 6.68. The van der Waals surface area contributed by atoms with Gasteiger partial charge in [-0.3, -0.25) is 15.0 Å². The number of halogens is 3. The monoisotopic (exact) mass is 436 g/mol. The van der Waals surface area contributed by atoms with Crippen molar-refractivity contribution in [3.8, 4) is 0 Å². The Kier molecular flexibility index (Phi) is 7.25. The van der Waals surface area contributed by atoms with Gasteiger partial charge >= 0.3 is 12.2 Å². The number of nitrogens with one attached hydrogen (secondary N) is 2. The molecule has 1 heterocycles. The van der Waals surface area contributed by atoms with Gasteiger partial charge in [0.25, 0.3) is 0 Å². The zero-order valence-electron chi connectivity index (χ0n) is 16.0. The predicted octanol–water partition coefficient (Wildman–Crippen LogP) is 0.998. The van der Waals surface area contributed by atoms with E-state index in [2.05, 4.69) is 0 Å². The lowest BCUT2D eigenvalue weighted by atomic mass is 10.1. The van der Waals surface area contributed by atoms with Crippen LogP contribution in [0.25, 0.3) is 0 Å². The maximum absolute atomic E-state index is 12.8. The van der Waals surface area contributed by atoms with Gasteiger partial charge in [-0.15, -0.1) is 0 Å². The molecule has 0 aliphatic carbocycles. The van der Waals surface area contributed by atoms with E-state index >= 15 is 0 Å². The van der Waals surface area contributed by atoms with Crippen LogP contribution in [0.5, 0.6) is 0 Å². The Balaban J connectivity index is 1.84. The SMILES string of the molecule is Cc1ccc(S(=O)(=O)N2CCN(CC(=O)NC(=O)NCC(F)(F)F)CC2)cc1C. The molecular formula is C17H23F3N4O4S. The van der Waals surface area contributed by atoms with Crippen molar-refractivity contribution in [3.63, 3.8) is 0 Å². The molecule has 0 aromatic heterocycles. The van der Waals surface area contributed by atoms with Crippen molar-refractivity contribution >= 4 is 22.0 Å². The van der Waals surface area contributed by atoms with Crippen LogP contribution < -0.4 is 10.6 Å². The lowest BCUT2D eigenvalue weighted by molar-refractivity contribution is -0.125. The summed E-state index contributed by atoms with van der Waals surface area (Å²) in [6.07, 6.45) is -4.57. The van der Waals surface area contributed by atoms with E-state index in [9.17, 15) is 31.2 Å². The molecule has 3 amide bonds. The van der Waals surface area contributed by atoms with Crippen molar-refractivity contribution < 1.29 is 31.2 Å². The molecule has 0 unspecified atom stereocenters. The van der Waals surface area contributed by atoms with Gasteiger partial charge in [-0.05, 0) is 37.1 Å². The molecular weight excluding hydrogens is 413 g/mol. The van der Waals surface area contributed by atoms with E-state index in [4.69, 9.17) is 0 Å². The first kappa shape index (κ1) is 23.1. The highest BCUT2D eigenvalue weighted by molar-refractivity contribution is 7.89. The maximum atomic E-state index is 12.8. The predicted molar refractivity (Wildman–Crippen MR) is 98.7 cm³/mol. The molecule has 12 heteroatoms. The first-order valence-electron chi connectivity index (χ1n) is 8.83. The Morgan fingerprint density at radius 1 is 1.07 bits per heavy atom. The highest BCUT2D eigenvalue weighted by atomic mass is 32.2. The molecule has 0 spiro atoms. The van der Waals surface area contributed by atoms with E-state index in [-0.39, 0.29) is 37.6 Å². The lowest BCUT2D eigenvalue weighted by Gasteiger charge is -2.33. The first-order chi connectivity index (χ1) is 13.4. The number of nitrogens with zero attached hydrogens (tertiary/aromatic N) is 2. The standard InChI is InChI=1S/C17H23F3N4O4S/c1-12-3-4-14(9-13(12)2)29(27,28)24-7-5-23(6-8-24)10-15(25)22-16(26)21-11-17(18,19)20/h3-4,9H,5-8,10-11H2,1-2H3,(H2,21,22,25,26). The van der Waals surface area contributed by atoms with Gasteiger partial charge < -0.3 is 5.32 Å². The summed E-state index contributed by atoms with van der Waals surface area (Å²) in [5, 5.41) is 3.36. The van der Waals surface area contributed by atoms with Gasteiger partial charge in [0.2, 0.25) is 15.9 Å². The average Bonchev–Trinajstić information content (AvgIpc) is 2.62. The molecule has 29 heavy (non-hydrogen) atoms. The number of aryl methyl sites for hydroxylation is 2. The van der Waals surface area contributed by atoms with Gasteiger partial charge in [0.05, 0.1) is 11.4 Å². The van der Waals surface area contributed by atoms with E-state index < -0.39 is 34.7 Å². The van der Waals surface area contributed by atoms with Crippen LogP contribution >= 0.6 is 0 Å². The van der Waals surface area contributed by atoms with Crippen LogP contribution in [0.4, 0.5) is 18.0 Å². The Bertz CT molecular complexity index is 866. The summed E-state index contributed by atoms with van der Waals surface area (Å²) >= 11 is 0. The number of benzene rings is 1. The van der Waals surface area contributed by atoms with Crippen molar-refractivity contribution in [2.24, 2.45) is 0 Å². The minimum Gasteiger partial charge on any atom is -0.329 e. The molecule has 1 aliphatic heterocycles. The van der Waals surface area contributed by atoms with E-state index in [0.29, 0.717) is 0 Å². The van der Waals surface area contributed by atoms with Crippen LogP contribution in [0.1, 0.15) is 11.1 Å². The number of imide groups is 1. The topological polar surface area (TPSA) is 98.8 Å². The number of carbonyl (C=O) groups excluding carboxylic acids is 2. The minimum absolute atomic E-state index is 0.156. The van der Waals surface area contributed by atoms with Crippen molar-refractivity contribution in [1.29, 1.82) is 0 Å². The Hall–Kier alpha value is -2.18. The number of amides is 3. The number of sulfonamides is 1. The number of hydrogen-bond donors (Lipinski definition) is 2. The quantitative estimate of drug-likeness (QED) is 0.718. The molecule has 1 saturated heterocycles. The Labute approximate surface area is 167 Å². The fourth-order valence-electron chi connectivity index (χ4n) is 2.75. The Morgan fingerprint density at radius 2 is 1.69 bits per heavy atom. The largest absolute Gasteiger partial charge is 0.405 e. The summed E-state index contributed by atoms with van der Waals surface area (Å²) in [4.78, 5) is 24.9. The molecule has 162 valence electrons. The summed E-state index contributed by atoms with van der Waals surface area (Å²) in [7, 11) is -3.66. The molecule has 1 aromatic rings. The van der Waals surface area contributed by atoms with Gasteiger partial charge in [-0.25, -0.2) is 13.2 Å². The molecule has 1 fully saturated rings. The average molecular weight is 436 g/mol. The van der Waals surface area contributed by atoms with Crippen molar-refractivity contribution in [1.82, 2.24) is 19.8 Å². The van der Waals surface area contributed by atoms with Crippen molar-refractivity contribution in [2.75, 3.05) is 39.3 Å². The summed E-state index contributed by atoms with van der Waals surface area (Å²) in [6, 6.07) is 3.68. The van der Waals surface area contributed by atoms with E-state index in [1.54, 1.807) is 28.4 Å². The van der Waals surface area contributed by atoms with Gasteiger partial charge in [-0.2, -0.15) is 17.5 Å². The number of carbonyl (C=O) groups is 2. The Morgan fingerprint density at radius 3 is 2.24 bits per heavy atom. The second-order valence-electron chi connectivity index (χ2n) is 6.77. The van der Waals surface area contributed by atoms with Gasteiger partial charge in [0.15, 0.2) is 0 Å². The van der Waals surface area contributed by atoms with Gasteiger partial charge in [0.1, 0.15) is 6.54 Å². The number of piperazine rings is 1. The normalized spacial score (nSPS) is 16.4. The summed E-state index contributed by atoms with van der Waals surface area (Å²) < 4.78 is 62.9. The van der Waals surface area contributed by atoms with E-state index in [1.165, 1.54) is 4.31 Å². The number of rotatable bonds is 5. The summed E-state index contributed by atoms with van der Waals surface area (Å²) in [5.74, 6) is -0.768. The van der Waals surface area contributed by atoms with Crippen LogP contribution in [-0.2, 0) is 14.8 Å². The zero-order chi connectivity index (χ0) is 21.8.